The van der Waals surface area contributed by atoms with Crippen LogP contribution >= 0.6 is 23.2 Å². The van der Waals surface area contributed by atoms with Crippen molar-refractivity contribution in [3.8, 4) is 0 Å². The number of hydrogen-bond donors (Lipinski definition) is 1. The molecular formula is C19H20Cl2FN3O. The Morgan fingerprint density at radius 3 is 2.42 bits per heavy atom. The molecule has 1 saturated heterocycles. The summed E-state index contributed by atoms with van der Waals surface area (Å²) in [7, 11) is 0. The molecule has 1 amide bonds. The van der Waals surface area contributed by atoms with E-state index in [2.05, 4.69) is 15.1 Å². The highest BCUT2D eigenvalue weighted by atomic mass is 35.5. The summed E-state index contributed by atoms with van der Waals surface area (Å²) in [6.45, 7) is 4.33. The van der Waals surface area contributed by atoms with Crippen molar-refractivity contribution in [1.29, 1.82) is 0 Å². The van der Waals surface area contributed by atoms with E-state index >= 15 is 0 Å². The molecule has 26 heavy (non-hydrogen) atoms. The van der Waals surface area contributed by atoms with Crippen molar-refractivity contribution in [3.63, 3.8) is 0 Å². The van der Waals surface area contributed by atoms with Crippen molar-refractivity contribution in [2.75, 3.05) is 38.0 Å². The predicted octanol–water partition coefficient (Wildman–Crippen LogP) is 3.89. The molecule has 1 fully saturated rings. The topological polar surface area (TPSA) is 35.6 Å². The standard InChI is InChI=1S/C19H20Cl2FN3O/c20-17-5-4-16(11-18(17)21)23-19(26)13-25-8-6-24(7-9-25)12-14-2-1-3-15(22)10-14/h1-5,10-11H,6-9,12-13H2,(H,23,26). The van der Waals surface area contributed by atoms with E-state index in [9.17, 15) is 9.18 Å². The fraction of sp³-hybridized carbons (Fsp3) is 0.316. The normalized spacial score (nSPS) is 15.8. The Morgan fingerprint density at radius 1 is 1.00 bits per heavy atom. The molecule has 1 heterocycles. The number of piperazine rings is 1. The van der Waals surface area contributed by atoms with Crippen molar-refractivity contribution < 1.29 is 9.18 Å². The Morgan fingerprint density at radius 2 is 1.73 bits per heavy atom. The van der Waals surface area contributed by atoms with Crippen LogP contribution < -0.4 is 5.32 Å². The van der Waals surface area contributed by atoms with Gasteiger partial charge in [-0.2, -0.15) is 0 Å². The smallest absolute Gasteiger partial charge is 0.238 e. The first kappa shape index (κ1) is 19.1. The zero-order chi connectivity index (χ0) is 18.5. The fourth-order valence-corrected chi connectivity index (χ4v) is 3.27. The summed E-state index contributed by atoms with van der Waals surface area (Å²) in [6, 6.07) is 11.7. The van der Waals surface area contributed by atoms with E-state index in [-0.39, 0.29) is 11.7 Å². The zero-order valence-corrected chi connectivity index (χ0v) is 15.7. The molecule has 7 heteroatoms. The molecule has 0 bridgehead atoms. The molecule has 0 saturated carbocycles. The minimum Gasteiger partial charge on any atom is -0.325 e. The number of rotatable bonds is 5. The van der Waals surface area contributed by atoms with Crippen molar-refractivity contribution in [1.82, 2.24) is 9.80 Å². The van der Waals surface area contributed by atoms with E-state index in [1.54, 1.807) is 30.3 Å². The summed E-state index contributed by atoms with van der Waals surface area (Å²) >= 11 is 11.8. The lowest BCUT2D eigenvalue weighted by Gasteiger charge is -2.34. The van der Waals surface area contributed by atoms with Gasteiger partial charge in [-0.3, -0.25) is 14.6 Å². The molecule has 3 rings (SSSR count). The average Bonchev–Trinajstić information content (AvgIpc) is 2.60. The number of halogens is 3. The highest BCUT2D eigenvalue weighted by molar-refractivity contribution is 6.42. The Balaban J connectivity index is 1.44. The lowest BCUT2D eigenvalue weighted by molar-refractivity contribution is -0.117. The van der Waals surface area contributed by atoms with Crippen LogP contribution in [0.4, 0.5) is 10.1 Å². The Labute approximate surface area is 162 Å². The van der Waals surface area contributed by atoms with E-state index in [0.29, 0.717) is 22.3 Å². The van der Waals surface area contributed by atoms with Crippen LogP contribution in [0.25, 0.3) is 0 Å². The first-order valence-electron chi connectivity index (χ1n) is 8.43. The van der Waals surface area contributed by atoms with E-state index in [1.165, 1.54) is 6.07 Å². The maximum atomic E-state index is 13.3. The lowest BCUT2D eigenvalue weighted by atomic mass is 10.2. The van der Waals surface area contributed by atoms with Crippen LogP contribution in [0.5, 0.6) is 0 Å². The fourth-order valence-electron chi connectivity index (χ4n) is 2.98. The number of benzene rings is 2. The molecule has 0 spiro atoms. The van der Waals surface area contributed by atoms with Crippen LogP contribution in [-0.4, -0.2) is 48.4 Å². The van der Waals surface area contributed by atoms with Gasteiger partial charge in [0.15, 0.2) is 0 Å². The molecule has 1 aliphatic rings. The maximum absolute atomic E-state index is 13.3. The van der Waals surface area contributed by atoms with Gasteiger partial charge in [-0.05, 0) is 35.9 Å². The van der Waals surface area contributed by atoms with Gasteiger partial charge in [0.1, 0.15) is 5.82 Å². The second kappa shape index (κ2) is 8.82. The summed E-state index contributed by atoms with van der Waals surface area (Å²) in [5, 5.41) is 3.71. The quantitative estimate of drug-likeness (QED) is 0.833. The second-order valence-corrected chi connectivity index (χ2v) is 7.17. The molecule has 2 aromatic rings. The molecular weight excluding hydrogens is 376 g/mol. The van der Waals surface area contributed by atoms with Crippen LogP contribution in [0.15, 0.2) is 42.5 Å². The summed E-state index contributed by atoms with van der Waals surface area (Å²) < 4.78 is 13.3. The molecule has 4 nitrogen and oxygen atoms in total. The van der Waals surface area contributed by atoms with Crippen LogP contribution in [0, 0.1) is 5.82 Å². The van der Waals surface area contributed by atoms with Gasteiger partial charge in [-0.1, -0.05) is 35.3 Å². The Kier molecular flexibility index (Phi) is 6.48. The Bertz CT molecular complexity index is 779. The largest absolute Gasteiger partial charge is 0.325 e. The third-order valence-corrected chi connectivity index (χ3v) is 5.07. The van der Waals surface area contributed by atoms with E-state index in [0.717, 1.165) is 38.3 Å². The highest BCUT2D eigenvalue weighted by Crippen LogP contribution is 2.25. The predicted molar refractivity (Wildman–Crippen MR) is 103 cm³/mol. The second-order valence-electron chi connectivity index (χ2n) is 6.36. The summed E-state index contributed by atoms with van der Waals surface area (Å²) in [5.74, 6) is -0.290. The van der Waals surface area contributed by atoms with E-state index in [1.807, 2.05) is 6.07 Å². The third-order valence-electron chi connectivity index (χ3n) is 4.33. The number of nitrogens with one attached hydrogen (secondary N) is 1. The van der Waals surface area contributed by atoms with E-state index in [4.69, 9.17) is 23.2 Å². The van der Waals surface area contributed by atoms with Crippen LogP contribution in [-0.2, 0) is 11.3 Å². The van der Waals surface area contributed by atoms with Gasteiger partial charge < -0.3 is 5.32 Å². The SMILES string of the molecule is O=C(CN1CCN(Cc2cccc(F)c2)CC1)Nc1ccc(Cl)c(Cl)c1. The van der Waals surface area contributed by atoms with Crippen molar-refractivity contribution in [2.24, 2.45) is 0 Å². The molecule has 1 N–H and O–H groups in total. The van der Waals surface area contributed by atoms with Gasteiger partial charge in [0, 0.05) is 38.4 Å². The number of hydrogen-bond acceptors (Lipinski definition) is 3. The van der Waals surface area contributed by atoms with Gasteiger partial charge in [-0.25, -0.2) is 4.39 Å². The van der Waals surface area contributed by atoms with Gasteiger partial charge in [-0.15, -0.1) is 0 Å². The molecule has 1 aliphatic heterocycles. The van der Waals surface area contributed by atoms with Gasteiger partial charge in [0.2, 0.25) is 5.91 Å². The van der Waals surface area contributed by atoms with Crippen LogP contribution in [0.3, 0.4) is 0 Å². The molecule has 0 atom stereocenters. The van der Waals surface area contributed by atoms with Crippen molar-refractivity contribution in [3.05, 3.63) is 63.9 Å². The third kappa shape index (κ3) is 5.42. The van der Waals surface area contributed by atoms with Crippen molar-refractivity contribution >= 4 is 34.8 Å². The number of nitrogens with zero attached hydrogens (tertiary/aromatic N) is 2. The van der Waals surface area contributed by atoms with Crippen LogP contribution in [0.1, 0.15) is 5.56 Å². The summed E-state index contributed by atoms with van der Waals surface area (Å²) in [6.07, 6.45) is 0. The monoisotopic (exact) mass is 395 g/mol. The first-order valence-corrected chi connectivity index (χ1v) is 9.19. The summed E-state index contributed by atoms with van der Waals surface area (Å²) in [4.78, 5) is 16.6. The van der Waals surface area contributed by atoms with Gasteiger partial charge >= 0.3 is 0 Å². The highest BCUT2D eigenvalue weighted by Gasteiger charge is 2.19. The number of carbonyl (C=O) groups is 1. The van der Waals surface area contributed by atoms with E-state index < -0.39 is 0 Å². The van der Waals surface area contributed by atoms with Crippen LogP contribution in [0.2, 0.25) is 10.0 Å². The maximum Gasteiger partial charge on any atom is 0.238 e. The number of amides is 1. The molecule has 0 aliphatic carbocycles. The molecule has 0 unspecified atom stereocenters. The average molecular weight is 396 g/mol. The molecule has 0 radical (unpaired) electrons. The molecule has 2 aromatic carbocycles. The lowest BCUT2D eigenvalue weighted by Crippen LogP contribution is -2.48. The number of anilines is 1. The molecule has 0 aromatic heterocycles. The minimum atomic E-state index is -0.208. The Hall–Kier alpha value is -1.66. The number of carbonyl (C=O) groups excluding carboxylic acids is 1. The zero-order valence-electron chi connectivity index (χ0n) is 14.2. The first-order chi connectivity index (χ1) is 12.5. The van der Waals surface area contributed by atoms with Crippen molar-refractivity contribution in [2.45, 2.75) is 6.54 Å². The van der Waals surface area contributed by atoms with Gasteiger partial charge in [0.25, 0.3) is 0 Å². The minimum absolute atomic E-state index is 0.0815. The summed E-state index contributed by atoms with van der Waals surface area (Å²) in [5.41, 5.74) is 1.60. The molecule has 138 valence electrons. The van der Waals surface area contributed by atoms with Gasteiger partial charge in [0.05, 0.1) is 16.6 Å².